The van der Waals surface area contributed by atoms with Crippen molar-refractivity contribution in [3.8, 4) is 5.75 Å². The highest BCUT2D eigenvalue weighted by molar-refractivity contribution is 6.30. The summed E-state index contributed by atoms with van der Waals surface area (Å²) in [5.74, 6) is 0.700. The Morgan fingerprint density at radius 3 is 2.45 bits per heavy atom. The number of ether oxygens (including phenoxy) is 1. The molecule has 44 heavy (non-hydrogen) atoms. The van der Waals surface area contributed by atoms with E-state index in [0.29, 0.717) is 50.6 Å². The van der Waals surface area contributed by atoms with Crippen LogP contribution in [0.15, 0.2) is 72.8 Å². The molecular formula is C35H42ClN5O3. The average Bonchev–Trinajstić information content (AvgIpc) is 3.05. The third kappa shape index (κ3) is 7.37. The number of nitrogens with zero attached hydrogens (tertiary/aromatic N) is 3. The normalized spacial score (nSPS) is 21.3. The lowest BCUT2D eigenvalue weighted by atomic mass is 9.95. The fraction of sp³-hybridized carbons (Fsp3) is 0.429. The van der Waals surface area contributed by atoms with Gasteiger partial charge in [-0.05, 0) is 73.8 Å². The Kier molecular flexibility index (Phi) is 9.69. The van der Waals surface area contributed by atoms with Crippen LogP contribution in [0.25, 0.3) is 0 Å². The summed E-state index contributed by atoms with van der Waals surface area (Å²) in [4.78, 5) is 34.0. The van der Waals surface area contributed by atoms with Crippen LogP contribution < -0.4 is 20.3 Å². The second-order valence-corrected chi connectivity index (χ2v) is 12.7. The summed E-state index contributed by atoms with van der Waals surface area (Å²) in [7, 11) is 2.14. The molecule has 2 amide bonds. The molecule has 6 rings (SSSR count). The quantitative estimate of drug-likeness (QED) is 0.400. The Balaban J connectivity index is 1.12. The van der Waals surface area contributed by atoms with Crippen LogP contribution in [0.2, 0.25) is 5.02 Å². The fourth-order valence-electron chi connectivity index (χ4n) is 6.57. The van der Waals surface area contributed by atoms with Crippen molar-refractivity contribution < 1.29 is 14.3 Å². The molecule has 1 unspecified atom stereocenters. The van der Waals surface area contributed by atoms with Crippen molar-refractivity contribution in [1.82, 2.24) is 20.4 Å². The number of likely N-dealkylation sites (N-methyl/N-ethyl adjacent to an activating group) is 1. The molecular weight excluding hydrogens is 574 g/mol. The standard InChI is InChI=1S/C35H42ClN5O3/c1-39-16-6-9-29(24-39)44-33-11-5-4-10-32(33)40-17-19-41(20-18-40)35(43)31(21-25-12-14-28(36)15-13-25)38-34(42)30-22-26-7-2-3-8-27(26)23-37-30/h2-5,7-8,10-15,29-31,37H,6,9,16-24H2,1H3,(H,38,42)/t29?,30-,31-/m1/s1. The highest BCUT2D eigenvalue weighted by Gasteiger charge is 2.32. The number of fused-ring (bicyclic) bond motifs is 1. The van der Waals surface area contributed by atoms with E-state index in [1.165, 1.54) is 11.1 Å². The van der Waals surface area contributed by atoms with Crippen molar-refractivity contribution >= 4 is 29.1 Å². The van der Waals surface area contributed by atoms with E-state index in [1.54, 1.807) is 0 Å². The van der Waals surface area contributed by atoms with Gasteiger partial charge >= 0.3 is 0 Å². The molecule has 0 spiro atoms. The van der Waals surface area contributed by atoms with Crippen LogP contribution in [-0.4, -0.2) is 86.1 Å². The van der Waals surface area contributed by atoms with Gasteiger partial charge in [0.1, 0.15) is 17.9 Å². The predicted octanol–water partition coefficient (Wildman–Crippen LogP) is 3.90. The van der Waals surface area contributed by atoms with Crippen molar-refractivity contribution in [2.45, 2.75) is 50.4 Å². The minimum Gasteiger partial charge on any atom is -0.487 e. The summed E-state index contributed by atoms with van der Waals surface area (Å²) >= 11 is 6.13. The Morgan fingerprint density at radius 2 is 1.68 bits per heavy atom. The maximum atomic E-state index is 14.0. The van der Waals surface area contributed by atoms with Crippen molar-refractivity contribution in [1.29, 1.82) is 0 Å². The summed E-state index contributed by atoms with van der Waals surface area (Å²) in [5.41, 5.74) is 4.40. The highest BCUT2D eigenvalue weighted by atomic mass is 35.5. The first kappa shape index (κ1) is 30.4. The number of nitrogens with one attached hydrogen (secondary N) is 2. The van der Waals surface area contributed by atoms with Gasteiger partial charge in [-0.15, -0.1) is 0 Å². The molecule has 3 aromatic rings. The van der Waals surface area contributed by atoms with Crippen LogP contribution in [0.5, 0.6) is 5.75 Å². The molecule has 3 aliphatic rings. The van der Waals surface area contributed by atoms with E-state index in [4.69, 9.17) is 16.3 Å². The number of carbonyl (C=O) groups excluding carboxylic acids is 2. The number of para-hydroxylation sites is 2. The second-order valence-electron chi connectivity index (χ2n) is 12.2. The van der Waals surface area contributed by atoms with E-state index >= 15 is 0 Å². The molecule has 3 atom stereocenters. The first-order valence-corrected chi connectivity index (χ1v) is 16.1. The van der Waals surface area contributed by atoms with Gasteiger partial charge < -0.3 is 30.1 Å². The number of halogens is 1. The summed E-state index contributed by atoms with van der Waals surface area (Å²) in [6.45, 7) is 5.21. The summed E-state index contributed by atoms with van der Waals surface area (Å²) in [6, 6.07) is 22.8. The molecule has 0 saturated carbocycles. The van der Waals surface area contributed by atoms with Crippen molar-refractivity contribution in [2.75, 3.05) is 51.2 Å². The number of carbonyl (C=O) groups is 2. The van der Waals surface area contributed by atoms with Crippen LogP contribution >= 0.6 is 11.6 Å². The Bertz CT molecular complexity index is 1440. The zero-order chi connectivity index (χ0) is 30.5. The maximum Gasteiger partial charge on any atom is 0.245 e. The van der Waals surface area contributed by atoms with Gasteiger partial charge in [0.15, 0.2) is 0 Å². The van der Waals surface area contributed by atoms with Crippen LogP contribution in [0, 0.1) is 0 Å². The predicted molar refractivity (Wildman–Crippen MR) is 174 cm³/mol. The molecule has 9 heteroatoms. The lowest BCUT2D eigenvalue weighted by Crippen LogP contribution is -2.58. The number of benzene rings is 3. The average molecular weight is 616 g/mol. The van der Waals surface area contributed by atoms with E-state index in [-0.39, 0.29) is 24.0 Å². The van der Waals surface area contributed by atoms with Gasteiger partial charge in [-0.25, -0.2) is 0 Å². The monoisotopic (exact) mass is 615 g/mol. The Morgan fingerprint density at radius 1 is 0.955 bits per heavy atom. The minimum absolute atomic E-state index is 0.0565. The maximum absolute atomic E-state index is 14.0. The topological polar surface area (TPSA) is 77.2 Å². The molecule has 3 aliphatic heterocycles. The van der Waals surface area contributed by atoms with Crippen molar-refractivity contribution in [2.24, 2.45) is 0 Å². The van der Waals surface area contributed by atoms with Gasteiger partial charge in [0.2, 0.25) is 11.8 Å². The first-order chi connectivity index (χ1) is 21.4. The number of piperazine rings is 1. The molecule has 2 saturated heterocycles. The molecule has 232 valence electrons. The number of amides is 2. The lowest BCUT2D eigenvalue weighted by molar-refractivity contribution is -0.137. The molecule has 8 nitrogen and oxygen atoms in total. The van der Waals surface area contributed by atoms with Gasteiger partial charge in [-0.3, -0.25) is 9.59 Å². The summed E-state index contributed by atoms with van der Waals surface area (Å²) in [5, 5.41) is 7.11. The van der Waals surface area contributed by atoms with Crippen molar-refractivity contribution in [3.05, 3.63) is 94.5 Å². The van der Waals surface area contributed by atoms with Gasteiger partial charge in [0.05, 0.1) is 11.7 Å². The van der Waals surface area contributed by atoms with Crippen LogP contribution in [0.4, 0.5) is 5.69 Å². The number of hydrogen-bond donors (Lipinski definition) is 2. The first-order valence-electron chi connectivity index (χ1n) is 15.8. The number of piperidine rings is 1. The summed E-state index contributed by atoms with van der Waals surface area (Å²) < 4.78 is 6.49. The molecule has 0 aliphatic carbocycles. The zero-order valence-electron chi connectivity index (χ0n) is 25.4. The SMILES string of the molecule is CN1CCCC(Oc2ccccc2N2CCN(C(=O)[C@@H](Cc3ccc(Cl)cc3)NC(=O)[C@H]3Cc4ccccc4CN3)CC2)C1. The number of likely N-dealkylation sites (tertiary alicyclic amines) is 1. The Labute approximate surface area is 265 Å². The lowest BCUT2D eigenvalue weighted by Gasteiger charge is -2.39. The molecule has 2 fully saturated rings. The van der Waals surface area contributed by atoms with Gasteiger partial charge in [0.25, 0.3) is 0 Å². The number of rotatable bonds is 8. The fourth-order valence-corrected chi connectivity index (χ4v) is 6.70. The van der Waals surface area contributed by atoms with Crippen LogP contribution in [0.1, 0.15) is 29.5 Å². The largest absolute Gasteiger partial charge is 0.487 e. The Hall–Kier alpha value is -3.59. The van der Waals surface area contributed by atoms with E-state index in [0.717, 1.165) is 42.9 Å². The van der Waals surface area contributed by atoms with Gasteiger partial charge in [-0.2, -0.15) is 0 Å². The van der Waals surface area contributed by atoms with Gasteiger partial charge in [-0.1, -0.05) is 60.1 Å². The summed E-state index contributed by atoms with van der Waals surface area (Å²) in [6.07, 6.45) is 3.38. The molecule has 3 heterocycles. The smallest absolute Gasteiger partial charge is 0.245 e. The number of hydrogen-bond acceptors (Lipinski definition) is 6. The van der Waals surface area contributed by atoms with E-state index in [2.05, 4.69) is 51.7 Å². The number of anilines is 1. The molecule has 0 aromatic heterocycles. The molecule has 0 bridgehead atoms. The minimum atomic E-state index is -0.673. The van der Waals surface area contributed by atoms with E-state index in [9.17, 15) is 9.59 Å². The van der Waals surface area contributed by atoms with Gasteiger partial charge in [0, 0.05) is 50.7 Å². The molecule has 0 radical (unpaired) electrons. The highest BCUT2D eigenvalue weighted by Crippen LogP contribution is 2.31. The van der Waals surface area contributed by atoms with E-state index < -0.39 is 6.04 Å². The van der Waals surface area contributed by atoms with Crippen LogP contribution in [-0.2, 0) is 29.0 Å². The molecule has 2 N–H and O–H groups in total. The third-order valence-electron chi connectivity index (χ3n) is 9.04. The molecule has 3 aromatic carbocycles. The van der Waals surface area contributed by atoms with E-state index in [1.807, 2.05) is 53.4 Å². The van der Waals surface area contributed by atoms with Crippen molar-refractivity contribution in [3.63, 3.8) is 0 Å². The zero-order valence-corrected chi connectivity index (χ0v) is 26.1. The second kappa shape index (κ2) is 14.0. The van der Waals surface area contributed by atoms with Crippen LogP contribution in [0.3, 0.4) is 0 Å². The third-order valence-corrected chi connectivity index (χ3v) is 9.29.